The number of piperidine rings is 4. The third-order valence-electron chi connectivity index (χ3n) is 26.6. The fourth-order valence-corrected chi connectivity index (χ4v) is 19.2. The molecule has 0 aliphatic carbocycles. The Morgan fingerprint density at radius 1 is 0.360 bits per heavy atom. The molecule has 0 atom stereocenters. The minimum atomic E-state index is -4.58. The van der Waals surface area contributed by atoms with Crippen molar-refractivity contribution >= 4 is 175 Å². The number of ether oxygens (including phenoxy) is 5. The van der Waals surface area contributed by atoms with Crippen molar-refractivity contribution in [3.63, 3.8) is 0 Å². The molecule has 4 aromatic heterocycles. The van der Waals surface area contributed by atoms with Crippen molar-refractivity contribution < 1.29 is 116 Å². The van der Waals surface area contributed by atoms with E-state index in [9.17, 15) is 91.8 Å². The van der Waals surface area contributed by atoms with Crippen LogP contribution in [-0.4, -0.2) is 244 Å². The number of hydrogen-bond donors (Lipinski definition) is 6. The number of rotatable bonds is 18. The number of amides is 10. The molecular formula is C103H110Cl2F10N20O15. The first-order chi connectivity index (χ1) is 70.9. The maximum atomic E-state index is 13.3. The molecule has 0 spiro atoms. The Bertz CT molecular complexity index is 6990. The summed E-state index contributed by atoms with van der Waals surface area (Å²) in [6.07, 6.45) is -9.15. The van der Waals surface area contributed by atoms with E-state index in [4.69, 9.17) is 28.7 Å². The normalized spacial score (nSPS) is 17.1. The van der Waals surface area contributed by atoms with Gasteiger partial charge in [-0.25, -0.2) is 42.3 Å². The summed E-state index contributed by atoms with van der Waals surface area (Å²) in [7, 11) is 0. The first kappa shape index (κ1) is 110. The number of morpholine rings is 4. The summed E-state index contributed by atoms with van der Waals surface area (Å²) < 4.78 is 166. The van der Waals surface area contributed by atoms with Crippen molar-refractivity contribution in [1.82, 2.24) is 58.6 Å². The van der Waals surface area contributed by atoms with Crippen molar-refractivity contribution in [3.8, 4) is 0 Å². The summed E-state index contributed by atoms with van der Waals surface area (Å²) in [4.78, 5) is 155. The van der Waals surface area contributed by atoms with E-state index >= 15 is 0 Å². The standard InChI is InChI=1S/C29H33F2N5O5.C26H26F3N5O4.C24H24F3N5O3.C24H25F2N5O3.2ClH/c1-29(2,3)41-28(39)34-11-9-20(10-12-34)36-23-8-7-21(35-13-14-40-17-24(35)37)16-22(23)32-27(36)33-26(38)19-6-4-5-18(15-19)25(30)31;1-16(35)32-9-7-19(8-10-32)34-22-6-5-20(33-11-12-38-15-23(33)36)14-21(22)30-25(34)31-24(37)17-3-2-4-18(13-17)26(27,28)29;25-24(26,27)16-3-1-2-15(12-16)22(34)30-23-29-19-13-18(31-10-11-35-14-21(31)33)4-5-20(19)32(23)17-6-8-28-9-7-17;25-22(26)15-2-1-3-16(12-15)23(33)29-24-28-19-13-18(30-10-11-34-14-21(30)32)4-5-20(19)31(24)17-6-8-27-9-7-17;;/h4-8,15-16,20,25H,9-14,17H2,1-3H3,(H,32,33,38);2-6,13-14,19H,7-12,15H2,1H3,(H,30,31,37);1-5,12-13,17,28H,6-11,14H2,(H,29,30,34);1-5,12-13,17,22,27H,6-11,14H2,(H,28,29,33);2*1H. The molecule has 12 heterocycles. The lowest BCUT2D eigenvalue weighted by Crippen LogP contribution is -2.42. The second-order valence-corrected chi connectivity index (χ2v) is 37.5. The number of alkyl halides is 10. The van der Waals surface area contributed by atoms with Crippen LogP contribution < -0.4 is 51.5 Å². The van der Waals surface area contributed by atoms with Crippen molar-refractivity contribution in [2.75, 3.05) is 172 Å². The van der Waals surface area contributed by atoms with Gasteiger partial charge in [0, 0.05) is 140 Å². The molecule has 35 nitrogen and oxygen atoms in total. The first-order valence-corrected chi connectivity index (χ1v) is 48.6. The van der Waals surface area contributed by atoms with Crippen LogP contribution in [0.4, 0.5) is 95.2 Å². The van der Waals surface area contributed by atoms with Gasteiger partial charge in [0.05, 0.1) is 81.7 Å². The number of benzene rings is 8. The highest BCUT2D eigenvalue weighted by atomic mass is 35.5. The van der Waals surface area contributed by atoms with Gasteiger partial charge in [-0.15, -0.1) is 24.8 Å². The van der Waals surface area contributed by atoms with Crippen molar-refractivity contribution in [3.05, 3.63) is 214 Å². The van der Waals surface area contributed by atoms with Gasteiger partial charge in [0.1, 0.15) is 32.0 Å². The van der Waals surface area contributed by atoms with Crippen LogP contribution in [0.25, 0.3) is 44.1 Å². The lowest BCUT2D eigenvalue weighted by Gasteiger charge is -2.34. The number of carbonyl (C=O) groups excluding carboxylic acids is 10. The Morgan fingerprint density at radius 3 is 0.887 bits per heavy atom. The summed E-state index contributed by atoms with van der Waals surface area (Å²) >= 11 is 0. The number of nitrogens with one attached hydrogen (secondary N) is 6. The lowest BCUT2D eigenvalue weighted by atomic mass is 10.0. The molecule has 20 rings (SSSR count). The number of nitrogens with zero attached hydrogens (tertiary/aromatic N) is 14. The molecule has 8 saturated heterocycles. The Kier molecular flexibility index (Phi) is 35.0. The smallest absolute Gasteiger partial charge is 0.416 e. The SMILES string of the molecule is CC(=O)N1CCC(n2c(NC(=O)c3cccc(C(F)(F)F)c3)nc3cc(N4CCOCC4=O)ccc32)CC1.CC(C)(C)OC(=O)N1CCC(n2c(NC(=O)c3cccc(C(F)F)c3)nc3cc(N4CCOCC4=O)ccc32)CC1.Cl.Cl.O=C(Nc1nc2cc(N3CCOCC3=O)ccc2n1C1CCNCC1)c1cccc(C(F)(F)F)c1.O=C(Nc1nc2cc(N3CCOCC3=O)ccc2n1C1CCNCC1)c1cccc(C(F)F)c1. The Balaban J connectivity index is 0.000000149. The molecule has 8 fully saturated rings. The van der Waals surface area contributed by atoms with Crippen LogP contribution in [0.1, 0.15) is 180 Å². The van der Waals surface area contributed by atoms with Gasteiger partial charge < -0.3 is 82.0 Å². The Morgan fingerprint density at radius 2 is 0.627 bits per heavy atom. The Labute approximate surface area is 865 Å². The molecule has 796 valence electrons. The second-order valence-electron chi connectivity index (χ2n) is 37.5. The largest absolute Gasteiger partial charge is 0.444 e. The van der Waals surface area contributed by atoms with Crippen molar-refractivity contribution in [2.24, 2.45) is 0 Å². The fraction of sp³-hybridized carbons (Fsp3) is 0.398. The summed E-state index contributed by atoms with van der Waals surface area (Å²) in [5.74, 6) is -2.01. The third kappa shape index (κ3) is 25.7. The monoisotopic (exact) mass is 2130 g/mol. The molecule has 0 unspecified atom stereocenters. The van der Waals surface area contributed by atoms with E-state index in [-0.39, 0.29) is 162 Å². The van der Waals surface area contributed by atoms with Crippen LogP contribution in [0.2, 0.25) is 0 Å². The molecule has 8 aliphatic heterocycles. The maximum Gasteiger partial charge on any atom is 0.416 e. The van der Waals surface area contributed by atoms with Crippen LogP contribution in [-0.2, 0) is 60.0 Å². The zero-order valence-corrected chi connectivity index (χ0v) is 83.5. The predicted molar refractivity (Wildman–Crippen MR) is 542 cm³/mol. The number of fused-ring (bicyclic) bond motifs is 4. The maximum absolute atomic E-state index is 13.3. The van der Waals surface area contributed by atoms with E-state index in [0.717, 1.165) is 104 Å². The number of aromatic nitrogens is 8. The molecule has 0 bridgehead atoms. The quantitative estimate of drug-likeness (QED) is 0.0435. The number of carbonyl (C=O) groups is 10. The van der Waals surface area contributed by atoms with Gasteiger partial charge >= 0.3 is 18.4 Å². The van der Waals surface area contributed by atoms with Crippen molar-refractivity contribution in [1.29, 1.82) is 0 Å². The molecule has 0 saturated carbocycles. The molecule has 6 N–H and O–H groups in total. The van der Waals surface area contributed by atoms with Gasteiger partial charge in [-0.2, -0.15) is 26.3 Å². The topological polar surface area (TPSA) is 380 Å². The number of hydrogen-bond acceptors (Lipinski definition) is 21. The van der Waals surface area contributed by atoms with E-state index in [2.05, 4.69) is 46.9 Å². The molecule has 47 heteroatoms. The summed E-state index contributed by atoms with van der Waals surface area (Å²) in [5.41, 5.74) is 5.17. The van der Waals surface area contributed by atoms with Gasteiger partial charge in [0.15, 0.2) is 0 Å². The van der Waals surface area contributed by atoms with Crippen LogP contribution in [0.3, 0.4) is 0 Å². The zero-order valence-electron chi connectivity index (χ0n) is 81.9. The van der Waals surface area contributed by atoms with Gasteiger partial charge in [-0.1, -0.05) is 36.4 Å². The number of halogens is 12. The van der Waals surface area contributed by atoms with Crippen LogP contribution in [0.5, 0.6) is 0 Å². The summed E-state index contributed by atoms with van der Waals surface area (Å²) in [5, 5.41) is 17.7. The summed E-state index contributed by atoms with van der Waals surface area (Å²) in [6.45, 7) is 15.7. The van der Waals surface area contributed by atoms with Crippen LogP contribution >= 0.6 is 24.8 Å². The second kappa shape index (κ2) is 47.7. The summed E-state index contributed by atoms with van der Waals surface area (Å²) in [6, 6.07) is 41.1. The molecule has 8 aliphatic rings. The number of anilines is 8. The van der Waals surface area contributed by atoms with E-state index in [1.54, 1.807) is 53.7 Å². The first-order valence-electron chi connectivity index (χ1n) is 48.6. The number of likely N-dealkylation sites (tertiary alicyclic amines) is 2. The highest BCUT2D eigenvalue weighted by Crippen LogP contribution is 2.42. The Hall–Kier alpha value is -14.2. The minimum absolute atomic E-state index is 0. The van der Waals surface area contributed by atoms with Crippen LogP contribution in [0, 0.1) is 0 Å². The average Bonchev–Trinajstić information content (AvgIpc) is 1.63. The molecule has 0 radical (unpaired) electrons. The molecule has 12 aromatic rings. The average molecular weight is 2130 g/mol. The van der Waals surface area contributed by atoms with E-state index in [1.807, 2.05) is 87.6 Å². The van der Waals surface area contributed by atoms with Gasteiger partial charge in [-0.05, 0) is 232 Å². The lowest BCUT2D eigenvalue weighted by molar-refractivity contribution is -0.138. The van der Waals surface area contributed by atoms with E-state index < -0.39 is 65.6 Å². The minimum Gasteiger partial charge on any atom is -0.444 e. The van der Waals surface area contributed by atoms with Crippen LogP contribution in [0.15, 0.2) is 170 Å². The predicted octanol–water partition coefficient (Wildman–Crippen LogP) is 17.0. The van der Waals surface area contributed by atoms with E-state index in [0.29, 0.717) is 155 Å². The highest BCUT2D eigenvalue weighted by Gasteiger charge is 2.38. The highest BCUT2D eigenvalue weighted by molar-refractivity contribution is 6.08. The molecule has 150 heavy (non-hydrogen) atoms. The van der Waals surface area contributed by atoms with Gasteiger partial charge in [-0.3, -0.25) is 64.4 Å². The third-order valence-corrected chi connectivity index (χ3v) is 26.6. The molecule has 10 amide bonds. The molecule has 8 aromatic carbocycles. The fourth-order valence-electron chi connectivity index (χ4n) is 19.2. The van der Waals surface area contributed by atoms with Gasteiger partial charge in [0.2, 0.25) is 29.7 Å². The van der Waals surface area contributed by atoms with E-state index in [1.165, 1.54) is 73.7 Å². The number of imidazole rings is 4. The zero-order chi connectivity index (χ0) is 105. The molecular weight excluding hydrogens is 2020 g/mol. The van der Waals surface area contributed by atoms with Crippen molar-refractivity contribution in [2.45, 2.75) is 134 Å². The van der Waals surface area contributed by atoms with Gasteiger partial charge in [0.25, 0.3) is 60.1 Å².